The third kappa shape index (κ3) is 4.35. The summed E-state index contributed by atoms with van der Waals surface area (Å²) in [6.07, 6.45) is 0. The SMILES string of the molecule is CC(C(=O)ON=C(N)N)C(C)(C)C. The van der Waals surface area contributed by atoms with Crippen LogP contribution in [0.3, 0.4) is 0 Å². The van der Waals surface area contributed by atoms with Gasteiger partial charge >= 0.3 is 5.97 Å². The fourth-order valence-corrected chi connectivity index (χ4v) is 0.530. The van der Waals surface area contributed by atoms with Crippen LogP contribution in [0, 0.1) is 11.3 Å². The second-order valence-corrected chi connectivity index (χ2v) is 4.01. The normalized spacial score (nSPS) is 13.2. The number of hydrogen-bond acceptors (Lipinski definition) is 3. The molecule has 0 radical (unpaired) electrons. The zero-order chi connectivity index (χ0) is 10.6. The Morgan fingerprint density at radius 1 is 1.38 bits per heavy atom. The van der Waals surface area contributed by atoms with Gasteiger partial charge in [-0.15, -0.1) is 0 Å². The fourth-order valence-electron chi connectivity index (χ4n) is 0.530. The first kappa shape index (κ1) is 11.7. The van der Waals surface area contributed by atoms with E-state index in [-0.39, 0.29) is 17.3 Å². The number of oxime groups is 1. The van der Waals surface area contributed by atoms with Crippen molar-refractivity contribution < 1.29 is 9.63 Å². The van der Waals surface area contributed by atoms with Crippen molar-refractivity contribution in [3.8, 4) is 0 Å². The highest BCUT2D eigenvalue weighted by Gasteiger charge is 2.28. The summed E-state index contributed by atoms with van der Waals surface area (Å²) in [6.45, 7) is 7.59. The van der Waals surface area contributed by atoms with E-state index in [0.717, 1.165) is 0 Å². The number of rotatable bonds is 2. The van der Waals surface area contributed by atoms with Crippen LogP contribution in [0.5, 0.6) is 0 Å². The maximum Gasteiger partial charge on any atom is 0.338 e. The lowest BCUT2D eigenvalue weighted by Gasteiger charge is -2.23. The maximum atomic E-state index is 11.3. The van der Waals surface area contributed by atoms with Crippen molar-refractivity contribution in [2.45, 2.75) is 27.7 Å². The van der Waals surface area contributed by atoms with Crippen LogP contribution >= 0.6 is 0 Å². The maximum absolute atomic E-state index is 11.3. The van der Waals surface area contributed by atoms with Crippen molar-refractivity contribution >= 4 is 11.9 Å². The van der Waals surface area contributed by atoms with Gasteiger partial charge in [-0.05, 0) is 10.6 Å². The van der Waals surface area contributed by atoms with Crippen LogP contribution < -0.4 is 11.5 Å². The summed E-state index contributed by atoms with van der Waals surface area (Å²) in [7, 11) is 0. The van der Waals surface area contributed by atoms with E-state index >= 15 is 0 Å². The Labute approximate surface area is 78.1 Å². The summed E-state index contributed by atoms with van der Waals surface area (Å²) in [4.78, 5) is 15.7. The lowest BCUT2D eigenvalue weighted by Crippen LogP contribution is -2.28. The largest absolute Gasteiger partial charge is 0.367 e. The average Bonchev–Trinajstić information content (AvgIpc) is 1.96. The second kappa shape index (κ2) is 4.11. The molecule has 0 amide bonds. The van der Waals surface area contributed by atoms with Gasteiger partial charge in [0.1, 0.15) is 0 Å². The Kier molecular flexibility index (Phi) is 3.71. The Balaban J connectivity index is 4.21. The average molecular weight is 187 g/mol. The van der Waals surface area contributed by atoms with Crippen LogP contribution in [0.4, 0.5) is 0 Å². The molecule has 13 heavy (non-hydrogen) atoms. The second-order valence-electron chi connectivity index (χ2n) is 4.01. The van der Waals surface area contributed by atoms with E-state index in [1.165, 1.54) is 0 Å². The fraction of sp³-hybridized carbons (Fsp3) is 0.750. The highest BCUT2D eigenvalue weighted by molar-refractivity contribution is 5.77. The van der Waals surface area contributed by atoms with Gasteiger partial charge in [0.05, 0.1) is 5.92 Å². The molecule has 0 saturated heterocycles. The van der Waals surface area contributed by atoms with Crippen molar-refractivity contribution in [2.75, 3.05) is 0 Å². The van der Waals surface area contributed by atoms with Gasteiger partial charge < -0.3 is 16.3 Å². The summed E-state index contributed by atoms with van der Waals surface area (Å²) in [5.41, 5.74) is 9.84. The van der Waals surface area contributed by atoms with E-state index in [2.05, 4.69) is 9.99 Å². The first-order valence-electron chi connectivity index (χ1n) is 4.05. The lowest BCUT2D eigenvalue weighted by molar-refractivity contribution is -0.151. The van der Waals surface area contributed by atoms with E-state index in [4.69, 9.17) is 11.5 Å². The molecule has 0 fully saturated rings. The van der Waals surface area contributed by atoms with Gasteiger partial charge in [0, 0.05) is 0 Å². The van der Waals surface area contributed by atoms with E-state index in [1.807, 2.05) is 20.8 Å². The zero-order valence-electron chi connectivity index (χ0n) is 8.50. The molecule has 0 aliphatic heterocycles. The van der Waals surface area contributed by atoms with Crippen molar-refractivity contribution in [2.24, 2.45) is 28.0 Å². The molecular weight excluding hydrogens is 170 g/mol. The zero-order valence-corrected chi connectivity index (χ0v) is 8.50. The minimum atomic E-state index is -0.430. The summed E-state index contributed by atoms with van der Waals surface area (Å²) in [5.74, 6) is -0.939. The molecule has 1 atom stereocenters. The summed E-state index contributed by atoms with van der Waals surface area (Å²) >= 11 is 0. The number of carbonyl (C=O) groups is 1. The smallest absolute Gasteiger partial charge is 0.338 e. The van der Waals surface area contributed by atoms with Gasteiger partial charge in [-0.3, -0.25) is 0 Å². The molecule has 76 valence electrons. The Morgan fingerprint density at radius 3 is 2.15 bits per heavy atom. The summed E-state index contributed by atoms with van der Waals surface area (Å²) in [5, 5.41) is 3.18. The van der Waals surface area contributed by atoms with Crippen LogP contribution in [0.25, 0.3) is 0 Å². The van der Waals surface area contributed by atoms with Gasteiger partial charge in [-0.2, -0.15) is 0 Å². The molecule has 0 aromatic rings. The molecule has 0 spiro atoms. The third-order valence-electron chi connectivity index (χ3n) is 1.89. The van der Waals surface area contributed by atoms with E-state index in [1.54, 1.807) is 6.92 Å². The Hall–Kier alpha value is -1.26. The minimum Gasteiger partial charge on any atom is -0.367 e. The van der Waals surface area contributed by atoms with E-state index in [0.29, 0.717) is 0 Å². The molecule has 0 aliphatic rings. The number of nitrogens with zero attached hydrogens (tertiary/aromatic N) is 1. The lowest BCUT2D eigenvalue weighted by atomic mass is 9.82. The summed E-state index contributed by atoms with van der Waals surface area (Å²) < 4.78 is 0. The predicted molar refractivity (Wildman–Crippen MR) is 50.5 cm³/mol. The molecule has 0 saturated carbocycles. The number of hydrogen-bond donors (Lipinski definition) is 2. The number of nitrogens with two attached hydrogens (primary N) is 2. The van der Waals surface area contributed by atoms with Gasteiger partial charge in [0.2, 0.25) is 5.96 Å². The molecule has 4 N–H and O–H groups in total. The quantitative estimate of drug-likeness (QED) is 0.283. The summed E-state index contributed by atoms with van der Waals surface area (Å²) in [6, 6.07) is 0. The van der Waals surface area contributed by atoms with Crippen LogP contribution in [0.2, 0.25) is 0 Å². The molecule has 0 bridgehead atoms. The first-order chi connectivity index (χ1) is 5.75. The highest BCUT2D eigenvalue weighted by Crippen LogP contribution is 2.26. The molecule has 5 nitrogen and oxygen atoms in total. The molecular formula is C8H17N3O2. The standard InChI is InChI=1S/C8H17N3O2/c1-5(8(2,3)4)6(12)13-11-7(9)10/h5H,1-4H3,(H4,9,10,11). The molecule has 1 unspecified atom stereocenters. The molecule has 0 aromatic heterocycles. The molecule has 0 rings (SSSR count). The molecule has 5 heteroatoms. The van der Waals surface area contributed by atoms with Crippen LogP contribution in [-0.4, -0.2) is 11.9 Å². The first-order valence-corrected chi connectivity index (χ1v) is 4.05. The number of carbonyl (C=O) groups excluding carboxylic acids is 1. The van der Waals surface area contributed by atoms with Crippen molar-refractivity contribution in [3.63, 3.8) is 0 Å². The van der Waals surface area contributed by atoms with E-state index in [9.17, 15) is 4.79 Å². The van der Waals surface area contributed by atoms with Gasteiger partial charge in [-0.25, -0.2) is 4.79 Å². The predicted octanol–water partition coefficient (Wildman–Crippen LogP) is 0.400. The molecule has 0 heterocycles. The van der Waals surface area contributed by atoms with Crippen LogP contribution in [0.1, 0.15) is 27.7 Å². The van der Waals surface area contributed by atoms with Gasteiger partial charge in [0.15, 0.2) is 0 Å². The molecule has 0 aliphatic carbocycles. The van der Waals surface area contributed by atoms with Gasteiger partial charge in [0.25, 0.3) is 0 Å². The Morgan fingerprint density at radius 2 is 1.85 bits per heavy atom. The van der Waals surface area contributed by atoms with Crippen molar-refractivity contribution in [1.82, 2.24) is 0 Å². The topological polar surface area (TPSA) is 90.7 Å². The van der Waals surface area contributed by atoms with Gasteiger partial charge in [-0.1, -0.05) is 27.7 Å². The minimum absolute atomic E-state index is 0.157. The number of guanidine groups is 1. The van der Waals surface area contributed by atoms with Crippen LogP contribution in [0.15, 0.2) is 5.16 Å². The third-order valence-corrected chi connectivity index (χ3v) is 1.89. The monoisotopic (exact) mass is 187 g/mol. The molecule has 0 aromatic carbocycles. The van der Waals surface area contributed by atoms with Crippen molar-refractivity contribution in [3.05, 3.63) is 0 Å². The van der Waals surface area contributed by atoms with Crippen LogP contribution in [-0.2, 0) is 9.63 Å². The van der Waals surface area contributed by atoms with Crippen molar-refractivity contribution in [1.29, 1.82) is 0 Å². The Bertz CT molecular complexity index is 214. The highest BCUT2D eigenvalue weighted by atomic mass is 16.7. The van der Waals surface area contributed by atoms with E-state index < -0.39 is 5.97 Å².